The first-order valence-corrected chi connectivity index (χ1v) is 11.4. The van der Waals surface area contributed by atoms with Crippen LogP contribution in [0.15, 0.2) is 46.3 Å². The molecule has 0 bridgehead atoms. The van der Waals surface area contributed by atoms with E-state index in [0.29, 0.717) is 5.92 Å². The maximum absolute atomic E-state index is 11.1. The minimum absolute atomic E-state index is 0. The van der Waals surface area contributed by atoms with Crippen LogP contribution in [0.1, 0.15) is 67.2 Å². The van der Waals surface area contributed by atoms with Crippen LogP contribution in [0.4, 0.5) is 0 Å². The van der Waals surface area contributed by atoms with E-state index < -0.39 is 0 Å². The van der Waals surface area contributed by atoms with Gasteiger partial charge in [0.05, 0.1) is 0 Å². The number of likely N-dealkylation sites (tertiary alicyclic amines) is 1. The summed E-state index contributed by atoms with van der Waals surface area (Å²) in [6.45, 7) is 14.1. The van der Waals surface area contributed by atoms with Gasteiger partial charge < -0.3 is 14.6 Å². The molecule has 1 saturated heterocycles. The number of halogens is 1. The van der Waals surface area contributed by atoms with Crippen LogP contribution < -0.4 is 0 Å². The van der Waals surface area contributed by atoms with Gasteiger partial charge in [0.15, 0.2) is 0 Å². The van der Waals surface area contributed by atoms with Crippen molar-refractivity contribution in [3.8, 4) is 0 Å². The van der Waals surface area contributed by atoms with E-state index in [-0.39, 0.29) is 38.8 Å². The molecule has 1 fully saturated rings. The predicted octanol–water partition coefficient (Wildman–Crippen LogP) is 6.26. The molecule has 2 aliphatic rings. The molecule has 0 N–H and O–H groups in total. The Morgan fingerprint density at radius 3 is 2.29 bits per heavy atom. The van der Waals surface area contributed by atoms with E-state index >= 15 is 0 Å². The molecule has 1 aliphatic carbocycles. The van der Waals surface area contributed by atoms with E-state index in [1.165, 1.54) is 0 Å². The zero-order valence-corrected chi connectivity index (χ0v) is 23.8. The van der Waals surface area contributed by atoms with Crippen LogP contribution in [0, 0.1) is 13.0 Å². The minimum atomic E-state index is 0. The van der Waals surface area contributed by atoms with Gasteiger partial charge in [0.2, 0.25) is 0 Å². The van der Waals surface area contributed by atoms with Crippen LogP contribution in [0.25, 0.3) is 0 Å². The molecule has 1 heterocycles. The second kappa shape index (κ2) is 19.0. The summed E-state index contributed by atoms with van der Waals surface area (Å²) in [6.07, 6.45) is 13.6. The Morgan fingerprint density at radius 2 is 1.84 bits per heavy atom. The average molecular weight is 525 g/mol. The number of rotatable bonds is 6. The van der Waals surface area contributed by atoms with Crippen molar-refractivity contribution in [1.82, 2.24) is 9.80 Å². The number of nitrogens with zero attached hydrogens (tertiary/aromatic N) is 2. The van der Waals surface area contributed by atoms with Gasteiger partial charge in [-0.3, -0.25) is 11.8 Å². The third-order valence-corrected chi connectivity index (χ3v) is 5.19. The summed E-state index contributed by atoms with van der Waals surface area (Å²) >= 11 is 6.05. The number of hydrogen-bond acceptors (Lipinski definition) is 4. The SMILES string of the molecule is CC.CC/C(=C(/C)C=O)N(C1=CC=C(Cl)CC=C1)C(C)C.[CH2-]N1CCC(C=O)CC1.[Y]. The zero-order chi connectivity index (χ0) is 23.1. The Bertz CT molecular complexity index is 646. The molecule has 0 saturated carbocycles. The fraction of sp³-hybridized carbons (Fsp3) is 0.560. The summed E-state index contributed by atoms with van der Waals surface area (Å²) < 4.78 is 0. The molecule has 2 rings (SSSR count). The van der Waals surface area contributed by atoms with E-state index in [0.717, 1.165) is 73.3 Å². The monoisotopic (exact) mass is 524 g/mol. The Morgan fingerprint density at radius 1 is 1.26 bits per heavy atom. The first-order chi connectivity index (χ1) is 14.3. The second-order valence-electron chi connectivity index (χ2n) is 7.47. The Kier molecular flexibility index (Phi) is 20.0. The average Bonchev–Trinajstić information content (AvgIpc) is 2.97. The molecule has 6 heteroatoms. The Hall–Kier alpha value is -0.546. The summed E-state index contributed by atoms with van der Waals surface area (Å²) in [6, 6.07) is 0.283. The number of aldehydes is 2. The van der Waals surface area contributed by atoms with Crippen LogP contribution in [0.5, 0.6) is 0 Å². The molecule has 31 heavy (non-hydrogen) atoms. The number of piperidine rings is 1. The first kappa shape index (κ1) is 32.6. The summed E-state index contributed by atoms with van der Waals surface area (Å²) in [5.74, 6) is 0.308. The molecule has 4 nitrogen and oxygen atoms in total. The van der Waals surface area contributed by atoms with Crippen molar-refractivity contribution in [2.45, 2.75) is 73.3 Å². The van der Waals surface area contributed by atoms with Crippen molar-refractivity contribution in [1.29, 1.82) is 0 Å². The fourth-order valence-corrected chi connectivity index (χ4v) is 3.47. The van der Waals surface area contributed by atoms with E-state index in [1.807, 2.05) is 37.8 Å². The van der Waals surface area contributed by atoms with E-state index in [9.17, 15) is 9.59 Å². The molecule has 0 unspecified atom stereocenters. The smallest absolute Gasteiger partial charge is 0.147 e. The van der Waals surface area contributed by atoms with Crippen LogP contribution in [-0.2, 0) is 42.3 Å². The van der Waals surface area contributed by atoms with Gasteiger partial charge in [-0.15, -0.1) is 0 Å². The van der Waals surface area contributed by atoms with Crippen molar-refractivity contribution in [2.24, 2.45) is 5.92 Å². The predicted molar refractivity (Wildman–Crippen MR) is 129 cm³/mol. The van der Waals surface area contributed by atoms with Crippen LogP contribution in [-0.4, -0.2) is 41.5 Å². The molecule has 1 radical (unpaired) electrons. The van der Waals surface area contributed by atoms with Gasteiger partial charge in [-0.05, 0) is 71.4 Å². The molecule has 0 amide bonds. The third-order valence-electron chi connectivity index (χ3n) is 4.91. The summed E-state index contributed by atoms with van der Waals surface area (Å²) in [5.41, 5.74) is 2.92. The number of carbonyl (C=O) groups excluding carboxylic acids is 2. The van der Waals surface area contributed by atoms with Crippen LogP contribution in [0.3, 0.4) is 0 Å². The third kappa shape index (κ3) is 12.3. The van der Waals surface area contributed by atoms with Gasteiger partial charge in [-0.2, -0.15) is 0 Å². The van der Waals surface area contributed by atoms with Gasteiger partial charge in [0.1, 0.15) is 12.6 Å². The quantitative estimate of drug-likeness (QED) is 0.234. The Labute approximate surface area is 220 Å². The van der Waals surface area contributed by atoms with Gasteiger partial charge in [-0.25, -0.2) is 0 Å². The van der Waals surface area contributed by atoms with Crippen molar-refractivity contribution < 1.29 is 42.3 Å². The van der Waals surface area contributed by atoms with Crippen molar-refractivity contribution in [2.75, 3.05) is 13.1 Å². The molecule has 0 atom stereocenters. The van der Waals surface area contributed by atoms with Crippen molar-refractivity contribution >= 4 is 24.2 Å². The largest absolute Gasteiger partial charge is 0.459 e. The first-order valence-electron chi connectivity index (χ1n) is 11.0. The second-order valence-corrected chi connectivity index (χ2v) is 7.95. The van der Waals surface area contributed by atoms with Crippen molar-refractivity contribution in [3.63, 3.8) is 0 Å². The van der Waals surface area contributed by atoms with Crippen LogP contribution in [0.2, 0.25) is 0 Å². The summed E-state index contributed by atoms with van der Waals surface area (Å²) in [5, 5.41) is 0.823. The maximum Gasteiger partial charge on any atom is 0.147 e. The molecule has 0 aromatic carbocycles. The normalized spacial score (nSPS) is 17.3. The van der Waals surface area contributed by atoms with Crippen LogP contribution >= 0.6 is 11.6 Å². The molecular formula is C25H40ClN2O2Y-. The molecule has 0 aromatic rings. The molecular weight excluding hydrogens is 485 g/mol. The number of hydrogen-bond donors (Lipinski definition) is 0. The zero-order valence-electron chi connectivity index (χ0n) is 20.2. The van der Waals surface area contributed by atoms with Gasteiger partial charge in [0, 0.05) is 73.1 Å². The minimum Gasteiger partial charge on any atom is -0.459 e. The summed E-state index contributed by atoms with van der Waals surface area (Å²) in [7, 11) is 3.78. The molecule has 1 aliphatic heterocycles. The van der Waals surface area contributed by atoms with Crippen molar-refractivity contribution in [3.05, 3.63) is 53.4 Å². The van der Waals surface area contributed by atoms with Gasteiger partial charge in [-0.1, -0.05) is 38.4 Å². The number of carbonyl (C=O) groups is 2. The molecule has 173 valence electrons. The van der Waals surface area contributed by atoms with E-state index in [1.54, 1.807) is 0 Å². The topological polar surface area (TPSA) is 40.6 Å². The molecule has 0 spiro atoms. The molecule has 0 aromatic heterocycles. The maximum atomic E-state index is 11.1. The number of allylic oxidation sites excluding steroid dienone is 7. The van der Waals surface area contributed by atoms with E-state index in [4.69, 9.17) is 11.6 Å². The van der Waals surface area contributed by atoms with Gasteiger partial charge in [0.25, 0.3) is 0 Å². The standard InChI is InChI=1S/C16H22ClNO.C7H12NO.C2H6.Y/c1-5-16(13(4)11-19)18(12(2)3)15-8-6-7-14(17)9-10-15;1-8-4-2-7(6-9)3-5-8;1-2;/h6,8-12H,5,7H2,1-4H3;6-7H,1-5H2;1-2H3;/q;-1;;/b16-13+;;;. The summed E-state index contributed by atoms with van der Waals surface area (Å²) in [4.78, 5) is 25.5. The van der Waals surface area contributed by atoms with Gasteiger partial charge >= 0.3 is 0 Å². The fourth-order valence-electron chi connectivity index (χ4n) is 3.31. The Balaban J connectivity index is 0. The van der Waals surface area contributed by atoms with E-state index in [2.05, 4.69) is 44.9 Å².